The van der Waals surface area contributed by atoms with E-state index in [9.17, 15) is 0 Å². The van der Waals surface area contributed by atoms with Crippen LogP contribution >= 0.6 is 0 Å². The topological polar surface area (TPSA) is 27.7 Å². The molecule has 3 nitrogen and oxygen atoms in total. The summed E-state index contributed by atoms with van der Waals surface area (Å²) < 4.78 is 17.5. The molecule has 1 aliphatic carbocycles. The van der Waals surface area contributed by atoms with Crippen LogP contribution in [0.5, 0.6) is 0 Å². The Morgan fingerprint density at radius 3 is 1.85 bits per heavy atom. The summed E-state index contributed by atoms with van der Waals surface area (Å²) >= 11 is 0. The fourth-order valence-corrected chi connectivity index (χ4v) is 14.1. The van der Waals surface area contributed by atoms with E-state index < -0.39 is 25.0 Å². The third kappa shape index (κ3) is 4.48. The van der Waals surface area contributed by atoms with Gasteiger partial charge in [0, 0.05) is 26.9 Å². The van der Waals surface area contributed by atoms with E-state index in [0.717, 1.165) is 18.5 Å². The number of hydrogen-bond acceptors (Lipinski definition) is 3. The summed E-state index contributed by atoms with van der Waals surface area (Å²) in [5.41, 5.74) is 1.62. The van der Waals surface area contributed by atoms with Crippen LogP contribution < -0.4 is 0 Å². The van der Waals surface area contributed by atoms with Gasteiger partial charge in [0.05, 0.1) is 16.1 Å². The first-order chi connectivity index (χ1) is 12.1. The normalized spacial score (nSPS) is 17.3. The second-order valence-electron chi connectivity index (χ2n) is 8.41. The summed E-state index contributed by atoms with van der Waals surface area (Å²) in [5, 5.41) is 3.23. The van der Waals surface area contributed by atoms with Gasteiger partial charge in [-0.2, -0.15) is 0 Å². The maximum atomic E-state index is 5.83. The van der Waals surface area contributed by atoms with Crippen LogP contribution in [0.15, 0.2) is 47.4 Å². The molecule has 0 heterocycles. The van der Waals surface area contributed by atoms with Crippen molar-refractivity contribution in [2.24, 2.45) is 0 Å². The predicted molar refractivity (Wildman–Crippen MR) is 121 cm³/mol. The fourth-order valence-electron chi connectivity index (χ4n) is 4.32. The van der Waals surface area contributed by atoms with Crippen LogP contribution in [0, 0.1) is 0 Å². The van der Waals surface area contributed by atoms with Crippen LogP contribution in [0.2, 0.25) is 43.8 Å². The van der Waals surface area contributed by atoms with Crippen molar-refractivity contribution in [2.45, 2.75) is 57.2 Å². The molecule has 26 heavy (non-hydrogen) atoms. The summed E-state index contributed by atoms with van der Waals surface area (Å²) in [4.78, 5) is 0. The lowest BCUT2D eigenvalue weighted by molar-refractivity contribution is 0.117. The molecule has 1 unspecified atom stereocenters. The zero-order valence-electron chi connectivity index (χ0n) is 18.1. The van der Waals surface area contributed by atoms with Crippen molar-refractivity contribution in [2.75, 3.05) is 21.3 Å². The van der Waals surface area contributed by atoms with Gasteiger partial charge in [0.1, 0.15) is 0 Å². The molecule has 0 fully saturated rings. The van der Waals surface area contributed by atoms with E-state index in [1.165, 1.54) is 5.57 Å². The second-order valence-corrected chi connectivity index (χ2v) is 21.1. The highest BCUT2D eigenvalue weighted by molar-refractivity contribution is 6.93. The standard InChI is InChI=1S/C20H38O3Si3/c1-11-15-24(7,8)19-14-13-18(20(19)25(9,10)16-12-2)17(3)26(21-4,22-5)23-6/h11-12,14,17H,1-2,13,15-16H2,3-10H3. The van der Waals surface area contributed by atoms with Crippen LogP contribution in [0.25, 0.3) is 0 Å². The average Bonchev–Trinajstić information content (AvgIpc) is 3.03. The first kappa shape index (κ1) is 23.5. The van der Waals surface area contributed by atoms with Crippen molar-refractivity contribution in [3.05, 3.63) is 47.4 Å². The third-order valence-electron chi connectivity index (χ3n) is 5.74. The van der Waals surface area contributed by atoms with Gasteiger partial charge in [0.15, 0.2) is 0 Å². The predicted octanol–water partition coefficient (Wildman–Crippen LogP) is 5.75. The van der Waals surface area contributed by atoms with Gasteiger partial charge in [0.2, 0.25) is 0 Å². The lowest BCUT2D eigenvalue weighted by Crippen LogP contribution is -2.48. The smallest absolute Gasteiger partial charge is 0.376 e. The first-order valence-electron chi connectivity index (χ1n) is 9.38. The van der Waals surface area contributed by atoms with Gasteiger partial charge in [-0.05, 0) is 18.5 Å². The molecule has 1 aliphatic rings. The molecule has 148 valence electrons. The van der Waals surface area contributed by atoms with E-state index in [1.54, 1.807) is 31.7 Å². The van der Waals surface area contributed by atoms with E-state index in [2.05, 4.69) is 64.5 Å². The molecular weight excluding hydrogens is 372 g/mol. The number of allylic oxidation sites excluding steroid dienone is 6. The van der Waals surface area contributed by atoms with Crippen molar-refractivity contribution in [1.82, 2.24) is 0 Å². The molecule has 1 atom stereocenters. The van der Waals surface area contributed by atoms with E-state index in [0.29, 0.717) is 0 Å². The molecule has 1 rings (SSSR count). The van der Waals surface area contributed by atoms with E-state index >= 15 is 0 Å². The Hall–Kier alpha value is -0.509. The molecule has 0 aromatic heterocycles. The van der Waals surface area contributed by atoms with Gasteiger partial charge in [0.25, 0.3) is 0 Å². The highest BCUT2D eigenvalue weighted by Gasteiger charge is 2.50. The largest absolute Gasteiger partial charge is 0.507 e. The minimum absolute atomic E-state index is 0.149. The zero-order chi connectivity index (χ0) is 20.2. The molecule has 0 saturated carbocycles. The Bertz CT molecular complexity index is 579. The maximum absolute atomic E-state index is 5.83. The molecule has 0 amide bonds. The maximum Gasteiger partial charge on any atom is 0.507 e. The van der Waals surface area contributed by atoms with E-state index in [-0.39, 0.29) is 5.54 Å². The number of rotatable bonds is 11. The monoisotopic (exact) mass is 410 g/mol. The quantitative estimate of drug-likeness (QED) is 0.321. The molecule has 0 spiro atoms. The molecule has 0 radical (unpaired) electrons. The summed E-state index contributed by atoms with van der Waals surface area (Å²) in [7, 11) is -0.842. The van der Waals surface area contributed by atoms with Gasteiger partial charge < -0.3 is 13.3 Å². The van der Waals surface area contributed by atoms with Gasteiger partial charge >= 0.3 is 8.80 Å². The van der Waals surface area contributed by atoms with Crippen LogP contribution in [0.1, 0.15) is 13.3 Å². The van der Waals surface area contributed by atoms with Crippen LogP contribution in [0.3, 0.4) is 0 Å². The molecule has 0 N–H and O–H groups in total. The lowest BCUT2D eigenvalue weighted by atomic mass is 10.2. The summed E-state index contributed by atoms with van der Waals surface area (Å²) in [6.07, 6.45) is 7.65. The van der Waals surface area contributed by atoms with E-state index in [4.69, 9.17) is 13.3 Å². The summed E-state index contributed by atoms with van der Waals surface area (Å²) in [5.74, 6) is 0. The highest BCUT2D eigenvalue weighted by Crippen LogP contribution is 2.47. The Morgan fingerprint density at radius 2 is 1.42 bits per heavy atom. The lowest BCUT2D eigenvalue weighted by Gasteiger charge is -2.37. The van der Waals surface area contributed by atoms with Gasteiger partial charge in [-0.25, -0.2) is 0 Å². The Kier molecular flexibility index (Phi) is 8.26. The second kappa shape index (κ2) is 9.12. The molecule has 0 saturated heterocycles. The highest BCUT2D eigenvalue weighted by atomic mass is 28.4. The van der Waals surface area contributed by atoms with Crippen molar-refractivity contribution >= 4 is 25.0 Å². The van der Waals surface area contributed by atoms with Gasteiger partial charge in [-0.15, -0.1) is 13.2 Å². The molecule has 0 bridgehead atoms. The first-order valence-corrected chi connectivity index (χ1v) is 17.6. The molecule has 0 aliphatic heterocycles. The van der Waals surface area contributed by atoms with Crippen molar-refractivity contribution < 1.29 is 13.3 Å². The molecule has 6 heteroatoms. The minimum atomic E-state index is -2.74. The number of hydrogen-bond donors (Lipinski definition) is 0. The van der Waals surface area contributed by atoms with Gasteiger partial charge in [-0.1, -0.05) is 67.3 Å². The SMILES string of the molecule is C=CC[Si](C)(C)C1=CCC(C(C)[Si](OC)(OC)OC)=C1[Si](C)(C)CC=C. The third-order valence-corrected chi connectivity index (χ3v) is 15.6. The van der Waals surface area contributed by atoms with Crippen molar-refractivity contribution in [3.63, 3.8) is 0 Å². The fraction of sp³-hybridized carbons (Fsp3) is 0.600. The Labute approximate surface area is 164 Å². The molecular formula is C20H38O3Si3. The molecule has 0 aromatic rings. The average molecular weight is 411 g/mol. The minimum Gasteiger partial charge on any atom is -0.376 e. The van der Waals surface area contributed by atoms with Crippen LogP contribution in [0.4, 0.5) is 0 Å². The van der Waals surface area contributed by atoms with E-state index in [1.807, 2.05) is 0 Å². The summed E-state index contributed by atoms with van der Waals surface area (Å²) in [6, 6.07) is 2.18. The van der Waals surface area contributed by atoms with Gasteiger partial charge in [-0.3, -0.25) is 0 Å². The Morgan fingerprint density at radius 1 is 0.962 bits per heavy atom. The van der Waals surface area contributed by atoms with Crippen LogP contribution in [-0.2, 0) is 13.3 Å². The molecule has 0 aromatic carbocycles. The zero-order valence-corrected chi connectivity index (χ0v) is 21.1. The van der Waals surface area contributed by atoms with Crippen molar-refractivity contribution in [1.29, 1.82) is 0 Å². The van der Waals surface area contributed by atoms with Crippen LogP contribution in [-0.4, -0.2) is 46.3 Å². The van der Waals surface area contributed by atoms with Crippen molar-refractivity contribution in [3.8, 4) is 0 Å². The summed E-state index contributed by atoms with van der Waals surface area (Å²) in [6.45, 7) is 20.1. The Balaban J connectivity index is 3.58.